The van der Waals surface area contributed by atoms with Gasteiger partial charge in [0.2, 0.25) is 0 Å². The van der Waals surface area contributed by atoms with E-state index in [0.29, 0.717) is 6.04 Å². The second-order valence-corrected chi connectivity index (χ2v) is 4.68. The molecular formula is C11H17NO2S. The summed E-state index contributed by atoms with van der Waals surface area (Å²) in [6, 6.07) is 2.44. The number of carboxylic acid groups (broad SMARTS) is 1. The maximum atomic E-state index is 10.5. The molecule has 0 aliphatic carbocycles. The molecule has 1 aromatic heterocycles. The molecule has 2 N–H and O–H groups in total. The van der Waals surface area contributed by atoms with E-state index in [1.807, 2.05) is 6.92 Å². The SMILES string of the molecule is CC(CC(=O)O)NC(C)Cc1ccsc1. The number of nitrogens with one attached hydrogen (secondary N) is 1. The molecule has 0 saturated carbocycles. The Morgan fingerprint density at radius 1 is 1.53 bits per heavy atom. The Kier molecular flexibility index (Phi) is 4.78. The molecule has 2 atom stereocenters. The molecule has 1 aromatic rings. The molecule has 1 heterocycles. The molecule has 1 rings (SSSR count). The third kappa shape index (κ3) is 4.95. The summed E-state index contributed by atoms with van der Waals surface area (Å²) >= 11 is 1.69. The van der Waals surface area contributed by atoms with Crippen LogP contribution in [0.3, 0.4) is 0 Å². The van der Waals surface area contributed by atoms with Crippen molar-refractivity contribution in [3.63, 3.8) is 0 Å². The molecule has 15 heavy (non-hydrogen) atoms. The van der Waals surface area contributed by atoms with Gasteiger partial charge >= 0.3 is 5.97 Å². The average molecular weight is 227 g/mol. The van der Waals surface area contributed by atoms with E-state index in [2.05, 4.69) is 29.1 Å². The highest BCUT2D eigenvalue weighted by molar-refractivity contribution is 7.07. The lowest BCUT2D eigenvalue weighted by Gasteiger charge is -2.18. The largest absolute Gasteiger partial charge is 0.481 e. The lowest BCUT2D eigenvalue weighted by Crippen LogP contribution is -2.37. The quantitative estimate of drug-likeness (QED) is 0.782. The Morgan fingerprint density at radius 3 is 2.80 bits per heavy atom. The number of carbonyl (C=O) groups is 1. The summed E-state index contributed by atoms with van der Waals surface area (Å²) in [6.45, 7) is 3.98. The van der Waals surface area contributed by atoms with E-state index in [1.165, 1.54) is 5.56 Å². The molecule has 4 heteroatoms. The summed E-state index contributed by atoms with van der Waals surface area (Å²) in [7, 11) is 0. The molecule has 0 aromatic carbocycles. The van der Waals surface area contributed by atoms with Crippen molar-refractivity contribution in [2.24, 2.45) is 0 Å². The number of hydrogen-bond donors (Lipinski definition) is 2. The minimum Gasteiger partial charge on any atom is -0.481 e. The van der Waals surface area contributed by atoms with Crippen LogP contribution in [0.15, 0.2) is 16.8 Å². The fourth-order valence-electron chi connectivity index (χ4n) is 1.63. The number of hydrogen-bond acceptors (Lipinski definition) is 3. The molecule has 0 spiro atoms. The van der Waals surface area contributed by atoms with Crippen molar-refractivity contribution in [1.29, 1.82) is 0 Å². The van der Waals surface area contributed by atoms with Crippen molar-refractivity contribution in [1.82, 2.24) is 5.32 Å². The van der Waals surface area contributed by atoms with Crippen LogP contribution >= 0.6 is 11.3 Å². The molecule has 0 aliphatic heterocycles. The van der Waals surface area contributed by atoms with Gasteiger partial charge < -0.3 is 10.4 Å². The van der Waals surface area contributed by atoms with Gasteiger partial charge in [0.25, 0.3) is 0 Å². The number of aliphatic carboxylic acids is 1. The summed E-state index contributed by atoms with van der Waals surface area (Å²) < 4.78 is 0. The van der Waals surface area contributed by atoms with Gasteiger partial charge in [-0.1, -0.05) is 0 Å². The summed E-state index contributed by atoms with van der Waals surface area (Å²) in [4.78, 5) is 10.5. The molecule has 84 valence electrons. The van der Waals surface area contributed by atoms with Crippen LogP contribution in [0.2, 0.25) is 0 Å². The molecule has 0 radical (unpaired) electrons. The smallest absolute Gasteiger partial charge is 0.304 e. The Hall–Kier alpha value is -0.870. The second-order valence-electron chi connectivity index (χ2n) is 3.90. The van der Waals surface area contributed by atoms with Crippen molar-refractivity contribution in [2.75, 3.05) is 0 Å². The fourth-order valence-corrected chi connectivity index (χ4v) is 2.31. The molecule has 0 bridgehead atoms. The maximum Gasteiger partial charge on any atom is 0.304 e. The van der Waals surface area contributed by atoms with E-state index in [9.17, 15) is 4.79 Å². The van der Waals surface area contributed by atoms with Crippen molar-refractivity contribution in [3.05, 3.63) is 22.4 Å². The van der Waals surface area contributed by atoms with E-state index in [4.69, 9.17) is 5.11 Å². The van der Waals surface area contributed by atoms with Gasteiger partial charge in [0, 0.05) is 12.1 Å². The van der Waals surface area contributed by atoms with E-state index >= 15 is 0 Å². The predicted octanol–water partition coefficient (Wildman–Crippen LogP) is 2.13. The highest BCUT2D eigenvalue weighted by Crippen LogP contribution is 2.09. The lowest BCUT2D eigenvalue weighted by molar-refractivity contribution is -0.137. The van der Waals surface area contributed by atoms with Gasteiger partial charge in [-0.2, -0.15) is 11.3 Å². The van der Waals surface area contributed by atoms with Gasteiger partial charge in [-0.05, 0) is 42.7 Å². The predicted molar refractivity (Wildman–Crippen MR) is 62.3 cm³/mol. The number of rotatable bonds is 6. The zero-order valence-electron chi connectivity index (χ0n) is 9.06. The zero-order chi connectivity index (χ0) is 11.3. The summed E-state index contributed by atoms with van der Waals surface area (Å²) in [5, 5.41) is 16.1. The van der Waals surface area contributed by atoms with Crippen LogP contribution in [0, 0.1) is 0 Å². The molecular weight excluding hydrogens is 210 g/mol. The molecule has 0 saturated heterocycles. The monoisotopic (exact) mass is 227 g/mol. The molecule has 0 aliphatic rings. The normalized spacial score (nSPS) is 14.8. The first-order valence-electron chi connectivity index (χ1n) is 5.07. The Labute approximate surface area is 94.1 Å². The van der Waals surface area contributed by atoms with Gasteiger partial charge in [-0.15, -0.1) is 0 Å². The highest BCUT2D eigenvalue weighted by Gasteiger charge is 2.11. The van der Waals surface area contributed by atoms with E-state index < -0.39 is 5.97 Å². The standard InChI is InChI=1S/C11H17NO2S/c1-8(5-10-3-4-15-7-10)12-9(2)6-11(13)14/h3-4,7-9,12H,5-6H2,1-2H3,(H,13,14). The highest BCUT2D eigenvalue weighted by atomic mass is 32.1. The second kappa shape index (κ2) is 5.88. The molecule has 0 amide bonds. The fraction of sp³-hybridized carbons (Fsp3) is 0.545. The van der Waals surface area contributed by atoms with Crippen LogP contribution in [0.25, 0.3) is 0 Å². The molecule has 3 nitrogen and oxygen atoms in total. The lowest BCUT2D eigenvalue weighted by atomic mass is 10.1. The first-order chi connectivity index (χ1) is 7.08. The van der Waals surface area contributed by atoms with Crippen LogP contribution in [0.4, 0.5) is 0 Å². The van der Waals surface area contributed by atoms with Crippen LogP contribution in [-0.2, 0) is 11.2 Å². The van der Waals surface area contributed by atoms with Gasteiger partial charge in [-0.25, -0.2) is 0 Å². The Bertz CT molecular complexity index is 298. The van der Waals surface area contributed by atoms with Gasteiger partial charge in [-0.3, -0.25) is 4.79 Å². The average Bonchev–Trinajstić information content (AvgIpc) is 2.53. The Balaban J connectivity index is 2.29. The van der Waals surface area contributed by atoms with Crippen LogP contribution < -0.4 is 5.32 Å². The number of thiophene rings is 1. The van der Waals surface area contributed by atoms with Crippen molar-refractivity contribution in [2.45, 2.75) is 38.8 Å². The van der Waals surface area contributed by atoms with Gasteiger partial charge in [0.15, 0.2) is 0 Å². The minimum absolute atomic E-state index is 0.0242. The summed E-state index contributed by atoms with van der Waals surface area (Å²) in [6.07, 6.45) is 1.13. The summed E-state index contributed by atoms with van der Waals surface area (Å²) in [5.41, 5.74) is 1.31. The molecule has 0 fully saturated rings. The first kappa shape index (κ1) is 12.2. The summed E-state index contributed by atoms with van der Waals surface area (Å²) in [5.74, 6) is -0.752. The molecule has 2 unspecified atom stereocenters. The minimum atomic E-state index is -0.752. The van der Waals surface area contributed by atoms with Crippen LogP contribution in [0.5, 0.6) is 0 Å². The third-order valence-electron chi connectivity index (χ3n) is 2.17. The Morgan fingerprint density at radius 2 is 2.27 bits per heavy atom. The van der Waals surface area contributed by atoms with Gasteiger partial charge in [0.05, 0.1) is 6.42 Å². The van der Waals surface area contributed by atoms with Crippen molar-refractivity contribution < 1.29 is 9.90 Å². The number of carboxylic acids is 1. The van der Waals surface area contributed by atoms with E-state index in [1.54, 1.807) is 11.3 Å². The van der Waals surface area contributed by atoms with Crippen molar-refractivity contribution >= 4 is 17.3 Å². The van der Waals surface area contributed by atoms with Gasteiger partial charge in [0.1, 0.15) is 0 Å². The van der Waals surface area contributed by atoms with Crippen LogP contribution in [0.1, 0.15) is 25.8 Å². The van der Waals surface area contributed by atoms with E-state index in [-0.39, 0.29) is 12.5 Å². The van der Waals surface area contributed by atoms with Crippen molar-refractivity contribution in [3.8, 4) is 0 Å². The van der Waals surface area contributed by atoms with E-state index in [0.717, 1.165) is 6.42 Å². The maximum absolute atomic E-state index is 10.5. The zero-order valence-corrected chi connectivity index (χ0v) is 9.88. The third-order valence-corrected chi connectivity index (χ3v) is 2.90. The van der Waals surface area contributed by atoms with Crippen LogP contribution in [-0.4, -0.2) is 23.2 Å². The first-order valence-corrected chi connectivity index (χ1v) is 6.01. The topological polar surface area (TPSA) is 49.3 Å².